The van der Waals surface area contributed by atoms with Gasteiger partial charge in [0.1, 0.15) is 17.6 Å². The molecule has 1 aliphatic carbocycles. The van der Waals surface area contributed by atoms with Crippen molar-refractivity contribution in [1.82, 2.24) is 9.91 Å². The number of hydrogen-bond donors (Lipinski definition) is 0. The Balaban J connectivity index is 1.11. The van der Waals surface area contributed by atoms with Crippen LogP contribution in [0.1, 0.15) is 48.8 Å². The zero-order chi connectivity index (χ0) is 27.5. The maximum atomic E-state index is 13.4. The highest BCUT2D eigenvalue weighted by molar-refractivity contribution is 6.08. The van der Waals surface area contributed by atoms with Crippen LogP contribution in [0, 0.1) is 11.8 Å². The molecule has 4 heterocycles. The number of allylic oxidation sites excluding steroid dienone is 1. The van der Waals surface area contributed by atoms with Crippen molar-refractivity contribution in [3.8, 4) is 0 Å². The molecule has 1 aromatic carbocycles. The lowest BCUT2D eigenvalue weighted by atomic mass is 9.79. The maximum absolute atomic E-state index is 13.4. The highest BCUT2D eigenvalue weighted by Gasteiger charge is 2.45. The van der Waals surface area contributed by atoms with Crippen LogP contribution in [0.15, 0.2) is 86.6 Å². The number of furan rings is 2. The molecule has 6 rings (SSSR count). The second-order valence-electron chi connectivity index (χ2n) is 10.5. The van der Waals surface area contributed by atoms with E-state index in [4.69, 9.17) is 18.7 Å². The molecular weight excluding hydrogens is 510 g/mol. The first kappa shape index (κ1) is 25.9. The van der Waals surface area contributed by atoms with Crippen LogP contribution in [0.5, 0.6) is 0 Å². The van der Waals surface area contributed by atoms with Gasteiger partial charge in [0.25, 0.3) is 5.91 Å². The zero-order valence-corrected chi connectivity index (χ0v) is 22.1. The molecule has 40 heavy (non-hydrogen) atoms. The van der Waals surface area contributed by atoms with E-state index in [0.29, 0.717) is 25.3 Å². The van der Waals surface area contributed by atoms with Crippen LogP contribution in [0.3, 0.4) is 0 Å². The molecule has 3 aromatic rings. The highest BCUT2D eigenvalue weighted by atomic mass is 16.5. The van der Waals surface area contributed by atoms with Crippen molar-refractivity contribution in [2.24, 2.45) is 16.9 Å². The molecule has 9 heteroatoms. The van der Waals surface area contributed by atoms with E-state index in [0.717, 1.165) is 41.9 Å². The first-order chi connectivity index (χ1) is 19.6. The number of benzene rings is 1. The molecule has 0 radical (unpaired) electrons. The Hall–Kier alpha value is -4.40. The molecule has 3 aliphatic rings. The number of carbonyl (C=O) groups is 3. The van der Waals surface area contributed by atoms with E-state index in [1.807, 2.05) is 54.6 Å². The predicted molar refractivity (Wildman–Crippen MR) is 146 cm³/mol. The number of ether oxygens (including phenoxy) is 1. The van der Waals surface area contributed by atoms with Gasteiger partial charge in [-0.05, 0) is 67.2 Å². The van der Waals surface area contributed by atoms with E-state index in [9.17, 15) is 14.4 Å². The number of amides is 2. The summed E-state index contributed by atoms with van der Waals surface area (Å²) in [7, 11) is 0. The zero-order valence-electron chi connectivity index (χ0n) is 22.1. The molecule has 2 amide bonds. The summed E-state index contributed by atoms with van der Waals surface area (Å²) in [6, 6.07) is 16.8. The molecular formula is C31H31N3O6. The Morgan fingerprint density at radius 2 is 1.88 bits per heavy atom. The van der Waals surface area contributed by atoms with Gasteiger partial charge in [0.05, 0.1) is 24.2 Å². The lowest BCUT2D eigenvalue weighted by Gasteiger charge is -2.27. The Labute approximate surface area is 232 Å². The Morgan fingerprint density at radius 1 is 1.05 bits per heavy atom. The van der Waals surface area contributed by atoms with Crippen molar-refractivity contribution in [3.63, 3.8) is 0 Å². The second kappa shape index (κ2) is 11.4. The molecule has 0 N–H and O–H groups in total. The summed E-state index contributed by atoms with van der Waals surface area (Å²) < 4.78 is 16.7. The summed E-state index contributed by atoms with van der Waals surface area (Å²) in [6.45, 7) is 0.380. The molecule has 206 valence electrons. The fraction of sp³-hybridized carbons (Fsp3) is 0.355. The molecule has 2 fully saturated rings. The third kappa shape index (κ3) is 5.36. The summed E-state index contributed by atoms with van der Waals surface area (Å²) in [5, 5.41) is 6.14. The van der Waals surface area contributed by atoms with Crippen LogP contribution in [0.25, 0.3) is 6.08 Å². The van der Waals surface area contributed by atoms with E-state index in [1.165, 1.54) is 5.01 Å². The Bertz CT molecular complexity index is 1410. The van der Waals surface area contributed by atoms with Crippen LogP contribution in [0.4, 0.5) is 0 Å². The number of hydrogen-bond acceptors (Lipinski definition) is 7. The van der Waals surface area contributed by atoms with Gasteiger partial charge in [-0.3, -0.25) is 14.4 Å². The van der Waals surface area contributed by atoms with Crippen LogP contribution in [-0.4, -0.2) is 53.1 Å². The average Bonchev–Trinajstić information content (AvgIpc) is 3.78. The van der Waals surface area contributed by atoms with Gasteiger partial charge in [0, 0.05) is 25.4 Å². The van der Waals surface area contributed by atoms with E-state index in [2.05, 4.69) is 0 Å². The van der Waals surface area contributed by atoms with Crippen molar-refractivity contribution in [1.29, 1.82) is 0 Å². The minimum Gasteiger partial charge on any atom is -0.467 e. The quantitative estimate of drug-likeness (QED) is 0.385. The molecule has 1 saturated heterocycles. The fourth-order valence-corrected chi connectivity index (χ4v) is 5.86. The van der Waals surface area contributed by atoms with Crippen molar-refractivity contribution < 1.29 is 28.0 Å². The summed E-state index contributed by atoms with van der Waals surface area (Å²) in [5.41, 5.74) is 2.99. The number of rotatable bonds is 8. The summed E-state index contributed by atoms with van der Waals surface area (Å²) >= 11 is 0. The summed E-state index contributed by atoms with van der Waals surface area (Å²) in [4.78, 5) is 40.5. The third-order valence-electron chi connectivity index (χ3n) is 7.85. The minimum atomic E-state index is -0.591. The number of carbonyl (C=O) groups excluding carboxylic acids is 3. The molecule has 0 spiro atoms. The number of hydrazone groups is 1. The lowest BCUT2D eigenvalue weighted by molar-refractivity contribution is -0.156. The van der Waals surface area contributed by atoms with E-state index in [-0.39, 0.29) is 18.2 Å². The molecule has 3 atom stereocenters. The SMILES string of the molecule is O=C(OCC(=O)N1N=C2/C(=C/c3ccco3)CCC[C@H]2[C@@H]1c1ccco1)[C@@H]1CC(=O)N(CCc2ccccc2)C1. The number of likely N-dealkylation sites (tertiary alicyclic amines) is 1. The molecule has 0 bridgehead atoms. The maximum Gasteiger partial charge on any atom is 0.311 e. The minimum absolute atomic E-state index is 0.0357. The second-order valence-corrected chi connectivity index (χ2v) is 10.5. The van der Waals surface area contributed by atoms with Gasteiger partial charge >= 0.3 is 5.97 Å². The van der Waals surface area contributed by atoms with Crippen LogP contribution in [-0.2, 0) is 25.5 Å². The number of fused-ring (bicyclic) bond motifs is 1. The van der Waals surface area contributed by atoms with Crippen LogP contribution < -0.4 is 0 Å². The monoisotopic (exact) mass is 541 g/mol. The first-order valence-electron chi connectivity index (χ1n) is 13.7. The topological polar surface area (TPSA) is 106 Å². The van der Waals surface area contributed by atoms with Crippen molar-refractivity contribution >= 4 is 29.6 Å². The average molecular weight is 542 g/mol. The summed E-state index contributed by atoms with van der Waals surface area (Å²) in [5.74, 6) is -0.305. The largest absolute Gasteiger partial charge is 0.467 e. The van der Waals surface area contributed by atoms with Gasteiger partial charge < -0.3 is 18.5 Å². The highest BCUT2D eigenvalue weighted by Crippen LogP contribution is 2.44. The lowest BCUT2D eigenvalue weighted by Crippen LogP contribution is -2.35. The van der Waals surface area contributed by atoms with E-state index in [1.54, 1.807) is 23.5 Å². The van der Waals surface area contributed by atoms with Gasteiger partial charge in [0.15, 0.2) is 6.61 Å². The molecule has 2 aliphatic heterocycles. The van der Waals surface area contributed by atoms with E-state index < -0.39 is 30.4 Å². The normalized spacial score (nSPS) is 23.4. The molecule has 9 nitrogen and oxygen atoms in total. The number of esters is 1. The van der Waals surface area contributed by atoms with Gasteiger partial charge in [-0.2, -0.15) is 5.10 Å². The van der Waals surface area contributed by atoms with Crippen molar-refractivity contribution in [2.75, 3.05) is 19.7 Å². The third-order valence-corrected chi connectivity index (χ3v) is 7.85. The molecule has 2 aromatic heterocycles. The van der Waals surface area contributed by atoms with Crippen LogP contribution in [0.2, 0.25) is 0 Å². The van der Waals surface area contributed by atoms with Gasteiger partial charge in [-0.25, -0.2) is 5.01 Å². The standard InChI is InChI=1S/C31H31N3O6/c35-27-18-23(19-33(27)14-13-21-7-2-1-3-8-21)31(37)40-20-28(36)34-30(26-12-6-16-39-26)25-11-4-9-22(29(25)32-34)17-24-10-5-15-38-24/h1-3,5-8,10,12,15-17,23,25,30H,4,9,11,13-14,18-20H2/b22-17+/t23-,25-,30-/m1/s1. The molecule has 1 saturated carbocycles. The fourth-order valence-electron chi connectivity index (χ4n) is 5.86. The van der Waals surface area contributed by atoms with Gasteiger partial charge in [-0.1, -0.05) is 30.3 Å². The van der Waals surface area contributed by atoms with Gasteiger partial charge in [-0.15, -0.1) is 0 Å². The van der Waals surface area contributed by atoms with Crippen molar-refractivity contribution in [3.05, 3.63) is 89.8 Å². The predicted octanol–water partition coefficient (Wildman–Crippen LogP) is 4.63. The first-order valence-corrected chi connectivity index (χ1v) is 13.7. The summed E-state index contributed by atoms with van der Waals surface area (Å²) in [6.07, 6.45) is 8.61. The number of nitrogens with zero attached hydrogens (tertiary/aromatic N) is 3. The molecule has 0 unspecified atom stereocenters. The Morgan fingerprint density at radius 3 is 2.65 bits per heavy atom. The van der Waals surface area contributed by atoms with Crippen molar-refractivity contribution in [2.45, 2.75) is 38.1 Å². The Kier molecular flexibility index (Phi) is 7.35. The van der Waals surface area contributed by atoms with E-state index >= 15 is 0 Å². The van der Waals surface area contributed by atoms with Crippen LogP contribution >= 0.6 is 0 Å². The van der Waals surface area contributed by atoms with Gasteiger partial charge in [0.2, 0.25) is 5.91 Å². The smallest absolute Gasteiger partial charge is 0.311 e.